The van der Waals surface area contributed by atoms with Crippen LogP contribution in [0.1, 0.15) is 48.2 Å². The Bertz CT molecular complexity index is 753. The predicted octanol–water partition coefficient (Wildman–Crippen LogP) is 4.14. The second-order valence-corrected chi connectivity index (χ2v) is 6.45. The normalized spacial score (nSPS) is 11.9. The lowest BCUT2D eigenvalue weighted by Crippen LogP contribution is -2.30. The van der Waals surface area contributed by atoms with E-state index < -0.39 is 12.1 Å². The number of hydrogen-bond acceptors (Lipinski definition) is 4. The van der Waals surface area contributed by atoms with Crippen molar-refractivity contribution in [2.45, 2.75) is 39.4 Å². The van der Waals surface area contributed by atoms with E-state index in [0.29, 0.717) is 23.8 Å². The van der Waals surface area contributed by atoms with Gasteiger partial charge in [-0.25, -0.2) is 4.79 Å². The summed E-state index contributed by atoms with van der Waals surface area (Å²) < 4.78 is 10.3. The van der Waals surface area contributed by atoms with Gasteiger partial charge in [0.2, 0.25) is 0 Å². The topological polar surface area (TPSA) is 64.6 Å². The van der Waals surface area contributed by atoms with E-state index in [4.69, 9.17) is 9.47 Å². The summed E-state index contributed by atoms with van der Waals surface area (Å²) in [6, 6.07) is 14.6. The summed E-state index contributed by atoms with van der Waals surface area (Å²) in [5, 5.41) is 2.76. The van der Waals surface area contributed by atoms with Gasteiger partial charge in [0.15, 0.2) is 6.10 Å². The number of amides is 1. The van der Waals surface area contributed by atoms with Gasteiger partial charge >= 0.3 is 5.97 Å². The van der Waals surface area contributed by atoms with Crippen LogP contribution < -0.4 is 5.32 Å². The lowest BCUT2D eigenvalue weighted by Gasteiger charge is -2.14. The fourth-order valence-electron chi connectivity index (χ4n) is 2.43. The molecule has 0 saturated carbocycles. The number of methoxy groups -OCH3 is 1. The highest BCUT2D eigenvalue weighted by atomic mass is 16.5. The first-order valence-corrected chi connectivity index (χ1v) is 8.60. The van der Waals surface area contributed by atoms with E-state index in [0.717, 1.165) is 5.56 Å². The van der Waals surface area contributed by atoms with Crippen LogP contribution in [0.5, 0.6) is 0 Å². The molecule has 0 spiro atoms. The summed E-state index contributed by atoms with van der Waals surface area (Å²) in [4.78, 5) is 24.5. The molecular formula is C21H25NO4. The third-order valence-corrected chi connectivity index (χ3v) is 3.97. The van der Waals surface area contributed by atoms with Crippen molar-refractivity contribution in [1.82, 2.24) is 0 Å². The van der Waals surface area contributed by atoms with E-state index in [9.17, 15) is 9.59 Å². The first-order chi connectivity index (χ1) is 12.4. The van der Waals surface area contributed by atoms with Crippen LogP contribution in [-0.4, -0.2) is 25.1 Å². The lowest BCUT2D eigenvalue weighted by atomic mass is 10.0. The molecule has 2 aromatic rings. The Balaban J connectivity index is 1.95. The second kappa shape index (κ2) is 9.15. The highest BCUT2D eigenvalue weighted by molar-refractivity contribution is 5.97. The van der Waals surface area contributed by atoms with Gasteiger partial charge in [-0.15, -0.1) is 0 Å². The van der Waals surface area contributed by atoms with Crippen LogP contribution in [0, 0.1) is 0 Å². The fourth-order valence-corrected chi connectivity index (χ4v) is 2.43. The SMILES string of the molecule is COCc1cccc(C(=O)O[C@@H](C)C(=O)Nc2ccc(C(C)C)cc2)c1. The van der Waals surface area contributed by atoms with Crippen LogP contribution in [0.15, 0.2) is 48.5 Å². The predicted molar refractivity (Wildman–Crippen MR) is 101 cm³/mol. The molecule has 1 atom stereocenters. The number of rotatable bonds is 7. The Morgan fingerprint density at radius 2 is 1.73 bits per heavy atom. The highest BCUT2D eigenvalue weighted by Gasteiger charge is 2.19. The summed E-state index contributed by atoms with van der Waals surface area (Å²) in [6.07, 6.45) is -0.904. The van der Waals surface area contributed by atoms with Crippen molar-refractivity contribution in [1.29, 1.82) is 0 Å². The standard InChI is InChI=1S/C21H25NO4/c1-14(2)17-8-10-19(11-9-17)22-20(23)15(3)26-21(24)18-7-5-6-16(12-18)13-25-4/h5-12,14-15H,13H2,1-4H3,(H,22,23)/t15-/m0/s1. The van der Waals surface area contributed by atoms with E-state index >= 15 is 0 Å². The number of anilines is 1. The maximum absolute atomic E-state index is 12.3. The van der Waals surface area contributed by atoms with Crippen LogP contribution in [0.4, 0.5) is 5.69 Å². The number of hydrogen-bond donors (Lipinski definition) is 1. The smallest absolute Gasteiger partial charge is 0.338 e. The van der Waals surface area contributed by atoms with E-state index in [1.807, 2.05) is 30.3 Å². The van der Waals surface area contributed by atoms with Crippen LogP contribution in [0.2, 0.25) is 0 Å². The molecule has 0 aliphatic carbocycles. The van der Waals surface area contributed by atoms with Crippen molar-refractivity contribution in [2.75, 3.05) is 12.4 Å². The van der Waals surface area contributed by atoms with Crippen molar-refractivity contribution in [3.63, 3.8) is 0 Å². The van der Waals surface area contributed by atoms with Gasteiger partial charge < -0.3 is 14.8 Å². The van der Waals surface area contributed by atoms with E-state index in [1.165, 1.54) is 5.56 Å². The first-order valence-electron chi connectivity index (χ1n) is 8.60. The number of carbonyl (C=O) groups is 2. The summed E-state index contributed by atoms with van der Waals surface area (Å²) in [7, 11) is 1.59. The van der Waals surface area contributed by atoms with E-state index in [-0.39, 0.29) is 5.91 Å². The molecular weight excluding hydrogens is 330 g/mol. The Morgan fingerprint density at radius 3 is 2.35 bits per heavy atom. The minimum atomic E-state index is -0.904. The summed E-state index contributed by atoms with van der Waals surface area (Å²) in [5.74, 6) is -0.488. The number of carbonyl (C=O) groups excluding carboxylic acids is 2. The van der Waals surface area contributed by atoms with Gasteiger partial charge in [-0.05, 0) is 48.2 Å². The fraction of sp³-hybridized carbons (Fsp3) is 0.333. The molecule has 2 aromatic carbocycles. The molecule has 0 unspecified atom stereocenters. The molecule has 0 radical (unpaired) electrons. The zero-order chi connectivity index (χ0) is 19.1. The van der Waals surface area contributed by atoms with Crippen LogP contribution in [0.3, 0.4) is 0 Å². The zero-order valence-corrected chi connectivity index (χ0v) is 15.6. The van der Waals surface area contributed by atoms with Crippen molar-refractivity contribution in [3.8, 4) is 0 Å². The zero-order valence-electron chi connectivity index (χ0n) is 15.6. The molecule has 0 bridgehead atoms. The van der Waals surface area contributed by atoms with Crippen LogP contribution >= 0.6 is 0 Å². The van der Waals surface area contributed by atoms with Crippen molar-refractivity contribution >= 4 is 17.6 Å². The maximum atomic E-state index is 12.3. The maximum Gasteiger partial charge on any atom is 0.338 e. The molecule has 0 saturated heterocycles. The van der Waals surface area contributed by atoms with E-state index in [1.54, 1.807) is 32.2 Å². The average Bonchev–Trinajstić information content (AvgIpc) is 2.62. The number of ether oxygens (including phenoxy) is 2. The summed E-state index contributed by atoms with van der Waals surface area (Å²) in [5.41, 5.74) is 3.12. The average molecular weight is 355 g/mol. The molecule has 1 amide bonds. The summed E-state index contributed by atoms with van der Waals surface area (Å²) in [6.45, 7) is 6.17. The van der Waals surface area contributed by atoms with Gasteiger partial charge in [-0.1, -0.05) is 38.1 Å². The molecule has 26 heavy (non-hydrogen) atoms. The number of nitrogens with one attached hydrogen (secondary N) is 1. The Labute approximate surface area is 154 Å². The lowest BCUT2D eigenvalue weighted by molar-refractivity contribution is -0.123. The molecule has 0 aliphatic rings. The molecule has 0 heterocycles. The molecule has 0 aromatic heterocycles. The number of benzene rings is 2. The summed E-state index contributed by atoms with van der Waals surface area (Å²) >= 11 is 0. The van der Waals surface area contributed by atoms with Gasteiger partial charge in [0.25, 0.3) is 5.91 Å². The Kier molecular flexibility index (Phi) is 6.92. The molecule has 5 heteroatoms. The minimum absolute atomic E-state index is 0.372. The molecule has 0 aliphatic heterocycles. The largest absolute Gasteiger partial charge is 0.449 e. The monoisotopic (exact) mass is 355 g/mol. The molecule has 5 nitrogen and oxygen atoms in total. The molecule has 0 fully saturated rings. The Morgan fingerprint density at radius 1 is 1.04 bits per heavy atom. The third-order valence-electron chi connectivity index (χ3n) is 3.97. The van der Waals surface area contributed by atoms with Crippen molar-refractivity contribution in [2.24, 2.45) is 0 Å². The van der Waals surface area contributed by atoms with Gasteiger partial charge in [0.1, 0.15) is 0 Å². The molecule has 138 valence electrons. The second-order valence-electron chi connectivity index (χ2n) is 6.45. The number of esters is 1. The Hall–Kier alpha value is -2.66. The quantitative estimate of drug-likeness (QED) is 0.758. The van der Waals surface area contributed by atoms with Crippen molar-refractivity contribution < 1.29 is 19.1 Å². The molecule has 2 rings (SSSR count). The first kappa shape index (κ1) is 19.7. The van der Waals surface area contributed by atoms with Crippen molar-refractivity contribution in [3.05, 3.63) is 65.2 Å². The third kappa shape index (κ3) is 5.43. The van der Waals surface area contributed by atoms with Gasteiger partial charge in [0, 0.05) is 12.8 Å². The van der Waals surface area contributed by atoms with E-state index in [2.05, 4.69) is 19.2 Å². The minimum Gasteiger partial charge on any atom is -0.449 e. The highest BCUT2D eigenvalue weighted by Crippen LogP contribution is 2.17. The van der Waals surface area contributed by atoms with Crippen LogP contribution in [0.25, 0.3) is 0 Å². The van der Waals surface area contributed by atoms with Crippen LogP contribution in [-0.2, 0) is 20.9 Å². The van der Waals surface area contributed by atoms with Gasteiger partial charge in [-0.3, -0.25) is 4.79 Å². The van der Waals surface area contributed by atoms with Gasteiger partial charge in [-0.2, -0.15) is 0 Å². The molecule has 1 N–H and O–H groups in total. The van der Waals surface area contributed by atoms with Gasteiger partial charge in [0.05, 0.1) is 12.2 Å².